The van der Waals surface area contributed by atoms with Gasteiger partial charge in [0.1, 0.15) is 0 Å². The lowest BCUT2D eigenvalue weighted by molar-refractivity contribution is 0.105. The molecule has 7 nitrogen and oxygen atoms in total. The molecule has 0 aromatic carbocycles. The van der Waals surface area contributed by atoms with E-state index in [4.69, 9.17) is 27.8 Å². The SMILES string of the molecule is CCCCOCCCCCCOP(=O)(OCCCCCCOCCCC)OCCCCCCOCCCC. The van der Waals surface area contributed by atoms with Gasteiger partial charge in [0.05, 0.1) is 19.8 Å². The third-order valence-corrected chi connectivity index (χ3v) is 7.72. The van der Waals surface area contributed by atoms with Crippen molar-refractivity contribution in [3.63, 3.8) is 0 Å². The summed E-state index contributed by atoms with van der Waals surface area (Å²) in [7, 11) is -3.52. The fraction of sp³-hybridized carbons (Fsp3) is 1.00. The Hall–Kier alpha value is -0.0100. The Morgan fingerprint density at radius 2 is 0.579 bits per heavy atom. The van der Waals surface area contributed by atoms with Gasteiger partial charge in [-0.3, -0.25) is 13.6 Å². The molecule has 0 unspecified atom stereocenters. The van der Waals surface area contributed by atoms with E-state index in [2.05, 4.69) is 20.8 Å². The molecular formula is C30H63O7P. The molecule has 0 atom stereocenters. The lowest BCUT2D eigenvalue weighted by atomic mass is 10.2. The summed E-state index contributed by atoms with van der Waals surface area (Å²) in [6.07, 6.45) is 19.0. The maximum atomic E-state index is 13.2. The predicted octanol–water partition coefficient (Wildman–Crippen LogP) is 9.28. The third-order valence-electron chi connectivity index (χ3n) is 6.22. The predicted molar refractivity (Wildman–Crippen MR) is 158 cm³/mol. The van der Waals surface area contributed by atoms with E-state index in [0.29, 0.717) is 19.8 Å². The van der Waals surface area contributed by atoms with Crippen LogP contribution in [-0.4, -0.2) is 59.5 Å². The highest BCUT2D eigenvalue weighted by Crippen LogP contribution is 2.50. The number of hydrogen-bond donors (Lipinski definition) is 0. The number of ether oxygens (including phenoxy) is 3. The molecule has 0 radical (unpaired) electrons. The summed E-state index contributed by atoms with van der Waals surface area (Å²) in [6, 6.07) is 0. The largest absolute Gasteiger partial charge is 0.474 e. The molecule has 38 heavy (non-hydrogen) atoms. The Bertz CT molecular complexity index is 427. The van der Waals surface area contributed by atoms with E-state index in [1.807, 2.05) is 0 Å². The zero-order valence-corrected chi connectivity index (χ0v) is 26.3. The van der Waals surface area contributed by atoms with Crippen molar-refractivity contribution in [1.29, 1.82) is 0 Å². The van der Waals surface area contributed by atoms with Gasteiger partial charge in [0.15, 0.2) is 0 Å². The standard InChI is InChI=1S/C30H63O7P/c1-4-7-22-32-25-16-10-13-19-28-35-38(31,36-29-20-14-11-17-26-33-23-8-5-2)37-30-21-15-12-18-27-34-24-9-6-3/h4-30H2,1-3H3. The first-order valence-electron chi connectivity index (χ1n) is 15.9. The van der Waals surface area contributed by atoms with E-state index >= 15 is 0 Å². The van der Waals surface area contributed by atoms with Gasteiger partial charge in [-0.05, 0) is 57.8 Å². The smallest absolute Gasteiger partial charge is 0.381 e. The molecular weight excluding hydrogens is 503 g/mol. The summed E-state index contributed by atoms with van der Waals surface area (Å²) in [6.45, 7) is 12.8. The Kier molecular flexibility index (Phi) is 31.5. The summed E-state index contributed by atoms with van der Waals surface area (Å²) in [5.41, 5.74) is 0. The summed E-state index contributed by atoms with van der Waals surface area (Å²) in [4.78, 5) is 0. The molecule has 0 aromatic heterocycles. The van der Waals surface area contributed by atoms with Gasteiger partial charge < -0.3 is 14.2 Å². The van der Waals surface area contributed by atoms with Gasteiger partial charge in [-0.2, -0.15) is 0 Å². The average Bonchev–Trinajstić information content (AvgIpc) is 2.92. The second-order valence-corrected chi connectivity index (χ2v) is 11.8. The molecule has 230 valence electrons. The van der Waals surface area contributed by atoms with Crippen LogP contribution in [-0.2, 0) is 32.3 Å². The van der Waals surface area contributed by atoms with Crippen molar-refractivity contribution >= 4 is 7.82 Å². The lowest BCUT2D eigenvalue weighted by Gasteiger charge is -2.18. The molecule has 0 bridgehead atoms. The average molecular weight is 567 g/mol. The van der Waals surface area contributed by atoms with Crippen LogP contribution in [0, 0.1) is 0 Å². The summed E-state index contributed by atoms with van der Waals surface area (Å²) in [5.74, 6) is 0. The van der Waals surface area contributed by atoms with Crippen LogP contribution in [0.5, 0.6) is 0 Å². The van der Waals surface area contributed by atoms with Gasteiger partial charge in [0.25, 0.3) is 0 Å². The first-order chi connectivity index (χ1) is 18.7. The lowest BCUT2D eigenvalue weighted by Crippen LogP contribution is -2.05. The first-order valence-corrected chi connectivity index (χ1v) is 17.4. The summed E-state index contributed by atoms with van der Waals surface area (Å²) in [5, 5.41) is 0. The highest BCUT2D eigenvalue weighted by molar-refractivity contribution is 7.48. The molecule has 0 spiro atoms. The quantitative estimate of drug-likeness (QED) is 0.0579. The molecule has 0 aliphatic rings. The minimum absolute atomic E-state index is 0.401. The Labute approximate surface area is 236 Å². The van der Waals surface area contributed by atoms with E-state index in [1.165, 1.54) is 19.3 Å². The van der Waals surface area contributed by atoms with Crippen molar-refractivity contribution in [3.8, 4) is 0 Å². The second kappa shape index (κ2) is 31.5. The normalized spacial score (nSPS) is 12.0. The monoisotopic (exact) mass is 566 g/mol. The van der Waals surface area contributed by atoms with Gasteiger partial charge in [-0.1, -0.05) is 78.6 Å². The molecule has 0 saturated heterocycles. The molecule has 0 rings (SSSR count). The molecule has 0 aromatic rings. The fourth-order valence-electron chi connectivity index (χ4n) is 3.67. The van der Waals surface area contributed by atoms with Crippen molar-refractivity contribution in [2.75, 3.05) is 59.5 Å². The Morgan fingerprint density at radius 3 is 0.842 bits per heavy atom. The van der Waals surface area contributed by atoms with E-state index < -0.39 is 7.82 Å². The minimum Gasteiger partial charge on any atom is -0.381 e. The molecule has 0 fully saturated rings. The van der Waals surface area contributed by atoms with E-state index in [0.717, 1.165) is 136 Å². The van der Waals surface area contributed by atoms with Crippen LogP contribution < -0.4 is 0 Å². The van der Waals surface area contributed by atoms with Gasteiger partial charge in [-0.15, -0.1) is 0 Å². The molecule has 0 amide bonds. The zero-order chi connectivity index (χ0) is 27.8. The number of phosphoric acid groups is 1. The number of unbranched alkanes of at least 4 members (excludes halogenated alkanes) is 12. The molecule has 0 aliphatic heterocycles. The van der Waals surface area contributed by atoms with Crippen molar-refractivity contribution in [2.24, 2.45) is 0 Å². The van der Waals surface area contributed by atoms with Gasteiger partial charge in [-0.25, -0.2) is 4.57 Å². The zero-order valence-electron chi connectivity index (χ0n) is 25.4. The van der Waals surface area contributed by atoms with Crippen LogP contribution in [0.4, 0.5) is 0 Å². The molecule has 8 heteroatoms. The van der Waals surface area contributed by atoms with Crippen molar-refractivity contribution in [1.82, 2.24) is 0 Å². The Balaban J connectivity index is 4.07. The van der Waals surface area contributed by atoms with Crippen molar-refractivity contribution in [3.05, 3.63) is 0 Å². The highest BCUT2D eigenvalue weighted by atomic mass is 31.2. The maximum absolute atomic E-state index is 13.2. The maximum Gasteiger partial charge on any atom is 0.474 e. The van der Waals surface area contributed by atoms with Gasteiger partial charge in [0, 0.05) is 39.6 Å². The minimum atomic E-state index is -3.52. The molecule has 0 heterocycles. The summed E-state index contributed by atoms with van der Waals surface area (Å²) < 4.78 is 47.1. The van der Waals surface area contributed by atoms with Crippen LogP contribution in [0.1, 0.15) is 136 Å². The molecule has 0 N–H and O–H groups in total. The van der Waals surface area contributed by atoms with Crippen molar-refractivity contribution in [2.45, 2.75) is 136 Å². The first kappa shape index (κ1) is 38.0. The van der Waals surface area contributed by atoms with E-state index in [9.17, 15) is 4.57 Å². The number of rotatable bonds is 33. The fourth-order valence-corrected chi connectivity index (χ4v) is 4.95. The Morgan fingerprint density at radius 1 is 0.342 bits per heavy atom. The van der Waals surface area contributed by atoms with Crippen LogP contribution in [0.15, 0.2) is 0 Å². The van der Waals surface area contributed by atoms with Crippen LogP contribution in [0.3, 0.4) is 0 Å². The third kappa shape index (κ3) is 29.0. The van der Waals surface area contributed by atoms with Crippen LogP contribution in [0.2, 0.25) is 0 Å². The van der Waals surface area contributed by atoms with Crippen molar-refractivity contribution < 1.29 is 32.3 Å². The number of phosphoric ester groups is 1. The molecule has 0 saturated carbocycles. The topological polar surface area (TPSA) is 72.5 Å². The van der Waals surface area contributed by atoms with Crippen LogP contribution >= 0.6 is 7.82 Å². The van der Waals surface area contributed by atoms with E-state index in [1.54, 1.807) is 0 Å². The van der Waals surface area contributed by atoms with E-state index in [-0.39, 0.29) is 0 Å². The highest BCUT2D eigenvalue weighted by Gasteiger charge is 2.26. The van der Waals surface area contributed by atoms with Gasteiger partial charge >= 0.3 is 7.82 Å². The van der Waals surface area contributed by atoms with Gasteiger partial charge in [0.2, 0.25) is 0 Å². The summed E-state index contributed by atoms with van der Waals surface area (Å²) >= 11 is 0. The number of hydrogen-bond acceptors (Lipinski definition) is 7. The van der Waals surface area contributed by atoms with Crippen LogP contribution in [0.25, 0.3) is 0 Å². The second-order valence-electron chi connectivity index (χ2n) is 10.1. The molecule has 0 aliphatic carbocycles.